The number of nitrogens with one attached hydrogen (secondary N) is 1. The SMILES string of the molecule is CCOC(=O)c1c(C(Cl)(Cl)Cl)nc2nc[nH]c(=O)c2c1C. The number of carbonyl (C=O) groups is 1. The Morgan fingerprint density at radius 1 is 1.43 bits per heavy atom. The normalized spacial score (nSPS) is 11.7. The molecule has 9 heteroatoms. The molecule has 0 spiro atoms. The van der Waals surface area contributed by atoms with E-state index in [-0.39, 0.29) is 28.9 Å². The van der Waals surface area contributed by atoms with Gasteiger partial charge in [-0.15, -0.1) is 0 Å². The highest BCUT2D eigenvalue weighted by molar-refractivity contribution is 6.66. The third kappa shape index (κ3) is 2.97. The summed E-state index contributed by atoms with van der Waals surface area (Å²) in [6, 6.07) is 0. The molecule has 0 aliphatic rings. The molecule has 0 aromatic carbocycles. The molecule has 0 saturated heterocycles. The maximum absolute atomic E-state index is 12.1. The van der Waals surface area contributed by atoms with Crippen LogP contribution in [-0.2, 0) is 8.53 Å². The van der Waals surface area contributed by atoms with Crippen LogP contribution in [0.25, 0.3) is 11.0 Å². The molecule has 6 nitrogen and oxygen atoms in total. The molecule has 0 amide bonds. The molecule has 0 aliphatic carbocycles. The van der Waals surface area contributed by atoms with E-state index in [1.54, 1.807) is 13.8 Å². The Bertz CT molecular complexity index is 768. The molecule has 2 aromatic heterocycles. The molecular formula is C12H10Cl3N3O3. The van der Waals surface area contributed by atoms with Crippen molar-refractivity contribution in [1.82, 2.24) is 15.0 Å². The molecule has 1 N–H and O–H groups in total. The van der Waals surface area contributed by atoms with Gasteiger partial charge in [-0.2, -0.15) is 0 Å². The minimum absolute atomic E-state index is 0.0390. The summed E-state index contributed by atoms with van der Waals surface area (Å²) in [6.45, 7) is 3.33. The van der Waals surface area contributed by atoms with Gasteiger partial charge in [0, 0.05) is 0 Å². The summed E-state index contributed by atoms with van der Waals surface area (Å²) in [7, 11) is 0. The number of pyridine rings is 1. The average Bonchev–Trinajstić information content (AvgIpc) is 2.37. The van der Waals surface area contributed by atoms with Gasteiger partial charge in [-0.05, 0) is 19.4 Å². The van der Waals surface area contributed by atoms with Crippen LogP contribution in [0, 0.1) is 6.92 Å². The van der Waals surface area contributed by atoms with Crippen molar-refractivity contribution in [1.29, 1.82) is 0 Å². The summed E-state index contributed by atoms with van der Waals surface area (Å²) in [5, 5.41) is 0.151. The lowest BCUT2D eigenvalue weighted by Crippen LogP contribution is -2.20. The highest BCUT2D eigenvalue weighted by atomic mass is 35.6. The van der Waals surface area contributed by atoms with E-state index in [2.05, 4.69) is 15.0 Å². The quantitative estimate of drug-likeness (QED) is 0.665. The summed E-state index contributed by atoms with van der Waals surface area (Å²) in [6.07, 6.45) is 1.18. The molecule has 21 heavy (non-hydrogen) atoms. The van der Waals surface area contributed by atoms with Gasteiger partial charge in [0.2, 0.25) is 3.79 Å². The largest absolute Gasteiger partial charge is 0.462 e. The Labute approximate surface area is 134 Å². The van der Waals surface area contributed by atoms with E-state index in [0.717, 1.165) is 0 Å². The van der Waals surface area contributed by atoms with Crippen LogP contribution in [0.1, 0.15) is 28.5 Å². The molecule has 0 fully saturated rings. The van der Waals surface area contributed by atoms with Crippen LogP contribution in [0.2, 0.25) is 0 Å². The van der Waals surface area contributed by atoms with Gasteiger partial charge < -0.3 is 9.72 Å². The summed E-state index contributed by atoms with van der Waals surface area (Å²) in [5.41, 5.74) is -0.205. The standard InChI is InChI=1S/C12H10Cl3N3O3/c1-3-21-11(20)6-5(2)7-9(16-4-17-10(7)19)18-8(6)12(13,14)15/h4H,3H2,1-2H3,(H,16,17,18,19). The number of carbonyl (C=O) groups excluding carboxylic acids is 1. The van der Waals surface area contributed by atoms with Crippen molar-refractivity contribution in [3.8, 4) is 0 Å². The fourth-order valence-electron chi connectivity index (χ4n) is 1.94. The smallest absolute Gasteiger partial charge is 0.340 e. The lowest BCUT2D eigenvalue weighted by atomic mass is 10.0. The van der Waals surface area contributed by atoms with Crippen LogP contribution < -0.4 is 5.56 Å². The summed E-state index contributed by atoms with van der Waals surface area (Å²) < 4.78 is 2.99. The van der Waals surface area contributed by atoms with Crippen LogP contribution in [-0.4, -0.2) is 27.5 Å². The fraction of sp³-hybridized carbons (Fsp3) is 0.333. The Morgan fingerprint density at radius 3 is 2.67 bits per heavy atom. The summed E-state index contributed by atoms with van der Waals surface area (Å²) in [4.78, 5) is 34.4. The predicted molar refractivity (Wildman–Crippen MR) is 80.1 cm³/mol. The van der Waals surface area contributed by atoms with E-state index in [1.807, 2.05) is 0 Å². The monoisotopic (exact) mass is 349 g/mol. The second-order valence-electron chi connectivity index (χ2n) is 4.11. The topological polar surface area (TPSA) is 84.9 Å². The molecule has 0 saturated carbocycles. The van der Waals surface area contributed by atoms with Crippen LogP contribution >= 0.6 is 34.8 Å². The number of H-pyrrole nitrogens is 1. The van der Waals surface area contributed by atoms with Gasteiger partial charge in [0.25, 0.3) is 5.56 Å². The Hall–Kier alpha value is -1.37. The van der Waals surface area contributed by atoms with Gasteiger partial charge >= 0.3 is 5.97 Å². The Balaban J connectivity index is 2.91. The Kier molecular flexibility index (Phi) is 4.41. The van der Waals surface area contributed by atoms with Gasteiger partial charge in [-0.3, -0.25) is 4.79 Å². The van der Waals surface area contributed by atoms with Crippen molar-refractivity contribution >= 4 is 51.8 Å². The molecule has 2 heterocycles. The molecule has 0 radical (unpaired) electrons. The first-order valence-electron chi connectivity index (χ1n) is 5.89. The second kappa shape index (κ2) is 5.79. The lowest BCUT2D eigenvalue weighted by molar-refractivity contribution is 0.0524. The van der Waals surface area contributed by atoms with Crippen molar-refractivity contribution < 1.29 is 9.53 Å². The van der Waals surface area contributed by atoms with Gasteiger partial charge in [0.15, 0.2) is 5.65 Å². The number of hydrogen-bond donors (Lipinski definition) is 1. The van der Waals surface area contributed by atoms with Crippen molar-refractivity contribution in [3.63, 3.8) is 0 Å². The number of rotatable bonds is 2. The Morgan fingerprint density at radius 2 is 2.10 bits per heavy atom. The number of ether oxygens (including phenoxy) is 1. The van der Waals surface area contributed by atoms with Crippen LogP contribution in [0.5, 0.6) is 0 Å². The maximum Gasteiger partial charge on any atom is 0.340 e. The zero-order valence-corrected chi connectivity index (χ0v) is 13.3. The van der Waals surface area contributed by atoms with E-state index in [0.29, 0.717) is 5.56 Å². The highest BCUT2D eigenvalue weighted by Crippen LogP contribution is 2.40. The van der Waals surface area contributed by atoms with Crippen molar-refractivity contribution in [2.45, 2.75) is 17.6 Å². The second-order valence-corrected chi connectivity index (χ2v) is 6.39. The van der Waals surface area contributed by atoms with Crippen LogP contribution in [0.3, 0.4) is 0 Å². The van der Waals surface area contributed by atoms with E-state index >= 15 is 0 Å². The van der Waals surface area contributed by atoms with E-state index in [4.69, 9.17) is 39.5 Å². The fourth-order valence-corrected chi connectivity index (χ4v) is 2.35. The zero-order chi connectivity index (χ0) is 15.8. The number of fused-ring (bicyclic) bond motifs is 1. The average molecular weight is 351 g/mol. The number of aromatic nitrogens is 3. The minimum Gasteiger partial charge on any atom is -0.462 e. The van der Waals surface area contributed by atoms with Gasteiger partial charge in [-0.25, -0.2) is 14.8 Å². The van der Waals surface area contributed by atoms with Crippen molar-refractivity contribution in [2.75, 3.05) is 6.61 Å². The number of aromatic amines is 1. The number of alkyl halides is 3. The number of halogens is 3. The van der Waals surface area contributed by atoms with Crippen LogP contribution in [0.4, 0.5) is 0 Å². The molecule has 0 unspecified atom stereocenters. The molecular weight excluding hydrogens is 341 g/mol. The van der Waals surface area contributed by atoms with E-state index in [9.17, 15) is 9.59 Å². The first-order chi connectivity index (χ1) is 9.77. The van der Waals surface area contributed by atoms with Gasteiger partial charge in [0.05, 0.1) is 23.9 Å². The van der Waals surface area contributed by atoms with Gasteiger partial charge in [-0.1, -0.05) is 34.8 Å². The predicted octanol–water partition coefficient (Wildman–Crippen LogP) is 2.63. The molecule has 0 aliphatic heterocycles. The lowest BCUT2D eigenvalue weighted by Gasteiger charge is -2.17. The zero-order valence-electron chi connectivity index (χ0n) is 11.0. The summed E-state index contributed by atoms with van der Waals surface area (Å²) >= 11 is 17.6. The first kappa shape index (κ1) is 16.0. The minimum atomic E-state index is -1.95. The third-order valence-corrected chi connectivity index (χ3v) is 3.32. The number of hydrogen-bond acceptors (Lipinski definition) is 5. The highest BCUT2D eigenvalue weighted by Gasteiger charge is 2.34. The molecule has 2 aromatic rings. The third-order valence-electron chi connectivity index (χ3n) is 2.79. The first-order valence-corrected chi connectivity index (χ1v) is 7.03. The number of esters is 1. The molecule has 0 bridgehead atoms. The van der Waals surface area contributed by atoms with E-state index < -0.39 is 15.3 Å². The number of aryl methyl sites for hydroxylation is 1. The van der Waals surface area contributed by atoms with Gasteiger partial charge in [0.1, 0.15) is 5.69 Å². The molecule has 112 valence electrons. The van der Waals surface area contributed by atoms with Crippen molar-refractivity contribution in [3.05, 3.63) is 33.5 Å². The van der Waals surface area contributed by atoms with E-state index in [1.165, 1.54) is 6.33 Å². The molecule has 0 atom stereocenters. The van der Waals surface area contributed by atoms with Crippen LogP contribution in [0.15, 0.2) is 11.1 Å². The van der Waals surface area contributed by atoms with Crippen molar-refractivity contribution in [2.24, 2.45) is 0 Å². The summed E-state index contributed by atoms with van der Waals surface area (Å²) in [5.74, 6) is -0.714. The maximum atomic E-state index is 12.1. The molecule has 2 rings (SSSR count). The number of nitrogens with zero attached hydrogens (tertiary/aromatic N) is 2.